The third-order valence-electron chi connectivity index (χ3n) is 2.46. The fourth-order valence-corrected chi connectivity index (χ4v) is 1.27. The van der Waals surface area contributed by atoms with Gasteiger partial charge < -0.3 is 10.5 Å². The number of carbonyl (C=O) groups is 1. The number of ketones is 1. The summed E-state index contributed by atoms with van der Waals surface area (Å²) in [5.74, 6) is 0.553. The lowest BCUT2D eigenvalue weighted by Crippen LogP contribution is -2.26. The largest absolute Gasteiger partial charge is 0.497 e. The van der Waals surface area contributed by atoms with Crippen molar-refractivity contribution in [3.05, 3.63) is 23.2 Å². The summed E-state index contributed by atoms with van der Waals surface area (Å²) in [6.07, 6.45) is 0. The van der Waals surface area contributed by atoms with Crippen molar-refractivity contribution < 1.29 is 9.53 Å². The Balaban J connectivity index is 2.93. The number of anilines is 1. The van der Waals surface area contributed by atoms with Crippen LogP contribution in [-0.4, -0.2) is 17.4 Å². The minimum Gasteiger partial charge on any atom is -0.497 e. The number of carbonyl (C=O) groups excluding carboxylic acids is 1. The number of pyridine rings is 1. The second-order valence-corrected chi connectivity index (χ2v) is 5.05. The first kappa shape index (κ1) is 14.0. The van der Waals surface area contributed by atoms with Crippen molar-refractivity contribution in [1.82, 2.24) is 4.98 Å². The minimum atomic E-state index is -0.466. The van der Waals surface area contributed by atoms with Crippen LogP contribution in [0.15, 0.2) is 6.07 Å². The van der Waals surface area contributed by atoms with E-state index in [9.17, 15) is 4.79 Å². The Morgan fingerprint density at radius 3 is 2.67 bits per heavy atom. The van der Waals surface area contributed by atoms with Crippen molar-refractivity contribution in [3.63, 3.8) is 0 Å². The highest BCUT2D eigenvalue weighted by atomic mass is 16.5. The number of hydrogen-bond donors (Lipinski definition) is 1. The van der Waals surface area contributed by atoms with Crippen molar-refractivity contribution in [1.29, 1.82) is 0 Å². The van der Waals surface area contributed by atoms with Gasteiger partial charge in [-0.15, -0.1) is 0 Å². The monoisotopic (exact) mass is 247 g/mol. The fraction of sp³-hybridized carbons (Fsp3) is 0.462. The van der Waals surface area contributed by atoms with E-state index in [0.29, 0.717) is 17.1 Å². The predicted molar refractivity (Wildman–Crippen MR) is 69.6 cm³/mol. The minimum absolute atomic E-state index is 0.0357. The van der Waals surface area contributed by atoms with Crippen LogP contribution in [0.5, 0.6) is 5.75 Å². The number of ether oxygens (including phenoxy) is 1. The Labute approximate surface area is 107 Å². The van der Waals surface area contributed by atoms with Crippen LogP contribution in [0.4, 0.5) is 11.5 Å². The van der Waals surface area contributed by atoms with Crippen LogP contribution in [-0.2, 0) is 4.79 Å². The molecular weight excluding hydrogens is 230 g/mol. The van der Waals surface area contributed by atoms with E-state index in [-0.39, 0.29) is 18.2 Å². The molecule has 5 nitrogen and oxygen atoms in total. The standard InChI is InChI=1S/C13H17N3O2/c1-8-12(15-5)9(6-11(14)16-8)18-7-10(17)13(2,3)4/h6H,7H2,1-4H3,(H2,14,16). The number of nitrogens with zero attached hydrogens (tertiary/aromatic N) is 2. The number of nitrogens with two attached hydrogens (primary N) is 1. The summed E-state index contributed by atoms with van der Waals surface area (Å²) < 4.78 is 5.39. The first-order chi connectivity index (χ1) is 8.25. The zero-order chi connectivity index (χ0) is 13.9. The van der Waals surface area contributed by atoms with Gasteiger partial charge >= 0.3 is 0 Å². The Morgan fingerprint density at radius 1 is 1.56 bits per heavy atom. The molecule has 0 atom stereocenters. The molecule has 0 aliphatic carbocycles. The summed E-state index contributed by atoms with van der Waals surface area (Å²) >= 11 is 0. The van der Waals surface area contributed by atoms with Crippen LogP contribution in [0.25, 0.3) is 4.85 Å². The summed E-state index contributed by atoms with van der Waals surface area (Å²) in [5.41, 5.74) is 5.93. The zero-order valence-electron chi connectivity index (χ0n) is 11.1. The van der Waals surface area contributed by atoms with E-state index in [1.54, 1.807) is 6.92 Å². The van der Waals surface area contributed by atoms with Gasteiger partial charge in [0.2, 0.25) is 5.69 Å². The van der Waals surface area contributed by atoms with Gasteiger partial charge in [-0.25, -0.2) is 9.83 Å². The van der Waals surface area contributed by atoms with Gasteiger partial charge in [-0.05, 0) is 6.92 Å². The molecule has 0 amide bonds. The number of aromatic nitrogens is 1. The third kappa shape index (κ3) is 3.20. The normalized spacial score (nSPS) is 10.8. The van der Waals surface area contributed by atoms with E-state index in [1.165, 1.54) is 6.07 Å². The third-order valence-corrected chi connectivity index (χ3v) is 2.46. The molecule has 0 aliphatic heterocycles. The number of nitrogen functional groups attached to an aromatic ring is 1. The average molecular weight is 247 g/mol. The zero-order valence-corrected chi connectivity index (χ0v) is 11.1. The highest BCUT2D eigenvalue weighted by molar-refractivity contribution is 5.85. The maximum absolute atomic E-state index is 11.8. The van der Waals surface area contributed by atoms with Crippen molar-refractivity contribution in [2.45, 2.75) is 27.7 Å². The van der Waals surface area contributed by atoms with Crippen LogP contribution in [0, 0.1) is 18.9 Å². The second-order valence-electron chi connectivity index (χ2n) is 5.05. The first-order valence-corrected chi connectivity index (χ1v) is 5.56. The topological polar surface area (TPSA) is 69.6 Å². The van der Waals surface area contributed by atoms with Gasteiger partial charge in [-0.1, -0.05) is 20.8 Å². The van der Waals surface area contributed by atoms with Gasteiger partial charge in [0.25, 0.3) is 0 Å². The highest BCUT2D eigenvalue weighted by Crippen LogP contribution is 2.32. The summed E-state index contributed by atoms with van der Waals surface area (Å²) in [6, 6.07) is 1.47. The molecule has 1 heterocycles. The van der Waals surface area contributed by atoms with E-state index in [4.69, 9.17) is 17.0 Å². The molecule has 1 aromatic heterocycles. The first-order valence-electron chi connectivity index (χ1n) is 5.56. The summed E-state index contributed by atoms with van der Waals surface area (Å²) in [7, 11) is 0. The van der Waals surface area contributed by atoms with Gasteiger partial charge in [0.05, 0.1) is 12.3 Å². The molecule has 5 heteroatoms. The second kappa shape index (κ2) is 5.05. The average Bonchev–Trinajstić information content (AvgIpc) is 2.23. The number of rotatable bonds is 3. The van der Waals surface area contributed by atoms with Crippen LogP contribution in [0.2, 0.25) is 0 Å². The molecular formula is C13H17N3O2. The van der Waals surface area contributed by atoms with Crippen molar-refractivity contribution in [3.8, 4) is 5.75 Å². The molecule has 0 aliphatic rings. The lowest BCUT2D eigenvalue weighted by molar-refractivity contribution is -0.128. The highest BCUT2D eigenvalue weighted by Gasteiger charge is 2.22. The van der Waals surface area contributed by atoms with E-state index < -0.39 is 5.41 Å². The lowest BCUT2D eigenvalue weighted by Gasteiger charge is -2.17. The van der Waals surface area contributed by atoms with Crippen LogP contribution < -0.4 is 10.5 Å². The molecule has 18 heavy (non-hydrogen) atoms. The van der Waals surface area contributed by atoms with E-state index >= 15 is 0 Å². The molecule has 96 valence electrons. The Kier molecular flexibility index (Phi) is 3.92. The van der Waals surface area contributed by atoms with Gasteiger partial charge in [0.15, 0.2) is 5.78 Å². The van der Waals surface area contributed by atoms with Crippen LogP contribution >= 0.6 is 0 Å². The van der Waals surface area contributed by atoms with Gasteiger partial charge in [0.1, 0.15) is 18.2 Å². The molecule has 0 spiro atoms. The SMILES string of the molecule is [C-]#[N+]c1c(OCC(=O)C(C)(C)C)cc(N)nc1C. The molecule has 0 saturated heterocycles. The van der Waals surface area contributed by atoms with E-state index in [2.05, 4.69) is 9.83 Å². The number of Topliss-reactive ketones (excluding diaryl/α,β-unsaturated/α-hetero) is 1. The molecule has 1 aromatic rings. The van der Waals surface area contributed by atoms with Gasteiger partial charge in [0, 0.05) is 11.5 Å². The molecule has 1 rings (SSSR count). The van der Waals surface area contributed by atoms with E-state index in [0.717, 1.165) is 0 Å². The predicted octanol–water partition coefficient (Wildman–Crippen LogP) is 2.52. The molecule has 0 saturated carbocycles. The summed E-state index contributed by atoms with van der Waals surface area (Å²) in [6.45, 7) is 14.2. The Hall–Kier alpha value is -2.09. The van der Waals surface area contributed by atoms with Gasteiger partial charge in [-0.3, -0.25) is 4.79 Å². The Morgan fingerprint density at radius 2 is 2.17 bits per heavy atom. The van der Waals surface area contributed by atoms with Crippen molar-refractivity contribution in [2.75, 3.05) is 12.3 Å². The molecule has 0 unspecified atom stereocenters. The summed E-state index contributed by atoms with van der Waals surface area (Å²) in [5, 5.41) is 0. The van der Waals surface area contributed by atoms with E-state index in [1.807, 2.05) is 20.8 Å². The maximum Gasteiger partial charge on any atom is 0.249 e. The molecule has 0 aromatic carbocycles. The van der Waals surface area contributed by atoms with Gasteiger partial charge in [-0.2, -0.15) is 0 Å². The fourth-order valence-electron chi connectivity index (χ4n) is 1.27. The smallest absolute Gasteiger partial charge is 0.249 e. The quantitative estimate of drug-likeness (QED) is 0.833. The van der Waals surface area contributed by atoms with Crippen LogP contribution in [0.3, 0.4) is 0 Å². The summed E-state index contributed by atoms with van der Waals surface area (Å²) in [4.78, 5) is 19.1. The molecule has 0 bridgehead atoms. The number of aryl methyl sites for hydroxylation is 1. The molecule has 0 radical (unpaired) electrons. The maximum atomic E-state index is 11.8. The molecule has 0 fully saturated rings. The number of hydrogen-bond acceptors (Lipinski definition) is 4. The molecule has 2 N–H and O–H groups in total. The van der Waals surface area contributed by atoms with Crippen LogP contribution in [0.1, 0.15) is 26.5 Å². The Bertz CT molecular complexity index is 510. The lowest BCUT2D eigenvalue weighted by atomic mass is 9.91. The van der Waals surface area contributed by atoms with Crippen molar-refractivity contribution >= 4 is 17.3 Å². The van der Waals surface area contributed by atoms with Crippen molar-refractivity contribution in [2.24, 2.45) is 5.41 Å².